The molecule has 1 aromatic carbocycles. The second-order valence-electron chi connectivity index (χ2n) is 5.40. The van der Waals surface area contributed by atoms with E-state index in [0.29, 0.717) is 11.4 Å². The van der Waals surface area contributed by atoms with Crippen LogP contribution in [-0.4, -0.2) is 15.5 Å². The van der Waals surface area contributed by atoms with Crippen molar-refractivity contribution in [2.45, 2.75) is 19.0 Å². The summed E-state index contributed by atoms with van der Waals surface area (Å²) in [5.41, 5.74) is 5.82. The Kier molecular flexibility index (Phi) is 4.01. The Morgan fingerprint density at radius 1 is 1.17 bits per heavy atom. The van der Waals surface area contributed by atoms with Crippen molar-refractivity contribution in [3.63, 3.8) is 0 Å². The molecule has 124 valence electrons. The molecule has 0 aliphatic carbocycles. The summed E-state index contributed by atoms with van der Waals surface area (Å²) in [4.78, 5) is 16.5. The molecular weight excluding hydrogens is 319 g/mol. The van der Waals surface area contributed by atoms with E-state index in [9.17, 15) is 18.0 Å². The molecule has 0 atom stereocenters. The van der Waals surface area contributed by atoms with Gasteiger partial charge >= 0.3 is 6.18 Å². The molecule has 0 spiro atoms. The van der Waals surface area contributed by atoms with Gasteiger partial charge in [-0.1, -0.05) is 6.07 Å². The minimum Gasteiger partial charge on any atom is -0.399 e. The highest BCUT2D eigenvalue weighted by molar-refractivity contribution is 5.95. The molecular formula is C17H14F3N3O. The molecule has 3 rings (SSSR count). The summed E-state index contributed by atoms with van der Waals surface area (Å²) in [6, 6.07) is 10.5. The minimum atomic E-state index is -4.63. The minimum absolute atomic E-state index is 0.0751. The van der Waals surface area contributed by atoms with E-state index in [4.69, 9.17) is 5.73 Å². The largest absolute Gasteiger partial charge is 0.431 e. The standard InChI is InChI=1S/C17H14F3N3O/c18-17(19,20)15-10-11-9-12(21)4-6-14(11)23(15)16(24)7-5-13-3-1-2-8-22-13/h1-4,6,8-10H,5,7,21H2. The van der Waals surface area contributed by atoms with Crippen LogP contribution in [0.1, 0.15) is 22.6 Å². The van der Waals surface area contributed by atoms with Gasteiger partial charge in [-0.15, -0.1) is 0 Å². The van der Waals surface area contributed by atoms with Gasteiger partial charge in [-0.25, -0.2) is 0 Å². The Hall–Kier alpha value is -2.83. The lowest BCUT2D eigenvalue weighted by Crippen LogP contribution is -2.20. The van der Waals surface area contributed by atoms with E-state index in [2.05, 4.69) is 4.98 Å². The van der Waals surface area contributed by atoms with E-state index in [-0.39, 0.29) is 23.7 Å². The Morgan fingerprint density at radius 3 is 2.62 bits per heavy atom. The van der Waals surface area contributed by atoms with E-state index in [0.717, 1.165) is 10.6 Å². The molecule has 2 N–H and O–H groups in total. The Labute approximate surface area is 135 Å². The second-order valence-corrected chi connectivity index (χ2v) is 5.40. The first-order chi connectivity index (χ1) is 11.4. The number of nitrogen functional groups attached to an aromatic ring is 1. The lowest BCUT2D eigenvalue weighted by atomic mass is 10.2. The average molecular weight is 333 g/mol. The number of hydrogen-bond donors (Lipinski definition) is 1. The van der Waals surface area contributed by atoms with Crippen LogP contribution in [0.4, 0.5) is 18.9 Å². The molecule has 7 heteroatoms. The zero-order valence-corrected chi connectivity index (χ0v) is 12.5. The van der Waals surface area contributed by atoms with Crippen molar-refractivity contribution in [2.24, 2.45) is 0 Å². The van der Waals surface area contributed by atoms with Crippen LogP contribution in [0.5, 0.6) is 0 Å². The first-order valence-corrected chi connectivity index (χ1v) is 7.27. The van der Waals surface area contributed by atoms with Gasteiger partial charge in [0.15, 0.2) is 0 Å². The first kappa shape index (κ1) is 16.0. The maximum absolute atomic E-state index is 13.3. The first-order valence-electron chi connectivity index (χ1n) is 7.27. The molecule has 0 saturated heterocycles. The monoisotopic (exact) mass is 333 g/mol. The van der Waals surface area contributed by atoms with Crippen molar-refractivity contribution in [3.05, 3.63) is 60.0 Å². The molecule has 24 heavy (non-hydrogen) atoms. The summed E-state index contributed by atoms with van der Waals surface area (Å²) < 4.78 is 40.6. The van der Waals surface area contributed by atoms with Gasteiger partial charge in [0.25, 0.3) is 0 Å². The van der Waals surface area contributed by atoms with Gasteiger partial charge in [0.05, 0.1) is 5.52 Å². The molecule has 0 aliphatic rings. The van der Waals surface area contributed by atoms with Crippen LogP contribution in [0.3, 0.4) is 0 Å². The van der Waals surface area contributed by atoms with Gasteiger partial charge in [0.1, 0.15) is 5.69 Å². The summed E-state index contributed by atoms with van der Waals surface area (Å²) in [7, 11) is 0. The number of carbonyl (C=O) groups excluding carboxylic acids is 1. The number of nitrogens with two attached hydrogens (primary N) is 1. The molecule has 0 radical (unpaired) electrons. The summed E-state index contributed by atoms with van der Waals surface area (Å²) in [6.45, 7) is 0. The third-order valence-corrected chi connectivity index (χ3v) is 3.69. The lowest BCUT2D eigenvalue weighted by molar-refractivity contribution is -0.142. The van der Waals surface area contributed by atoms with Crippen molar-refractivity contribution >= 4 is 22.5 Å². The number of benzene rings is 1. The molecule has 4 nitrogen and oxygen atoms in total. The SMILES string of the molecule is Nc1ccc2c(c1)cc(C(F)(F)F)n2C(=O)CCc1ccccn1. The number of anilines is 1. The van der Waals surface area contributed by atoms with Crippen molar-refractivity contribution in [1.29, 1.82) is 0 Å². The molecule has 2 heterocycles. The number of pyridine rings is 1. The van der Waals surface area contributed by atoms with Crippen molar-refractivity contribution < 1.29 is 18.0 Å². The molecule has 0 amide bonds. The van der Waals surface area contributed by atoms with E-state index < -0.39 is 17.8 Å². The van der Waals surface area contributed by atoms with Gasteiger partial charge in [-0.3, -0.25) is 14.3 Å². The van der Waals surface area contributed by atoms with Crippen LogP contribution in [0.2, 0.25) is 0 Å². The topological polar surface area (TPSA) is 60.9 Å². The van der Waals surface area contributed by atoms with Crippen LogP contribution in [0.15, 0.2) is 48.7 Å². The lowest BCUT2D eigenvalue weighted by Gasteiger charge is -2.12. The Bertz CT molecular complexity index is 885. The molecule has 0 fully saturated rings. The van der Waals surface area contributed by atoms with E-state index in [1.165, 1.54) is 18.2 Å². The van der Waals surface area contributed by atoms with Crippen LogP contribution in [0, 0.1) is 0 Å². The molecule has 0 unspecified atom stereocenters. The highest BCUT2D eigenvalue weighted by atomic mass is 19.4. The number of carbonyl (C=O) groups is 1. The maximum Gasteiger partial charge on any atom is 0.431 e. The maximum atomic E-state index is 13.3. The second kappa shape index (κ2) is 5.99. The number of aryl methyl sites for hydroxylation is 1. The number of halogens is 3. The highest BCUT2D eigenvalue weighted by Crippen LogP contribution is 2.34. The Morgan fingerprint density at radius 2 is 1.96 bits per heavy atom. The summed E-state index contributed by atoms with van der Waals surface area (Å²) >= 11 is 0. The number of nitrogens with zero attached hydrogens (tertiary/aromatic N) is 2. The summed E-state index contributed by atoms with van der Waals surface area (Å²) in [5.74, 6) is -0.632. The third-order valence-electron chi connectivity index (χ3n) is 3.69. The fourth-order valence-electron chi connectivity index (χ4n) is 2.60. The molecule has 3 aromatic rings. The number of aromatic nitrogens is 2. The quantitative estimate of drug-likeness (QED) is 0.739. The highest BCUT2D eigenvalue weighted by Gasteiger charge is 2.37. The number of rotatable bonds is 3. The van der Waals surface area contributed by atoms with Gasteiger partial charge in [0, 0.05) is 29.4 Å². The van der Waals surface area contributed by atoms with Crippen LogP contribution < -0.4 is 5.73 Å². The third kappa shape index (κ3) is 3.10. The van der Waals surface area contributed by atoms with E-state index in [1.54, 1.807) is 24.4 Å². The van der Waals surface area contributed by atoms with Crippen LogP contribution >= 0.6 is 0 Å². The van der Waals surface area contributed by atoms with Gasteiger partial charge in [0.2, 0.25) is 5.91 Å². The van der Waals surface area contributed by atoms with Crippen LogP contribution in [0.25, 0.3) is 10.9 Å². The van der Waals surface area contributed by atoms with Gasteiger partial charge in [-0.05, 0) is 42.8 Å². The Balaban J connectivity index is 1.98. The zero-order valence-electron chi connectivity index (χ0n) is 12.5. The fraction of sp³-hybridized carbons (Fsp3) is 0.176. The van der Waals surface area contributed by atoms with Crippen LogP contribution in [-0.2, 0) is 12.6 Å². The average Bonchev–Trinajstić information content (AvgIpc) is 2.92. The van der Waals surface area contributed by atoms with Crippen molar-refractivity contribution in [3.8, 4) is 0 Å². The van der Waals surface area contributed by atoms with Gasteiger partial charge < -0.3 is 5.73 Å². The normalized spacial score (nSPS) is 11.8. The predicted molar refractivity (Wildman–Crippen MR) is 84.5 cm³/mol. The number of fused-ring (bicyclic) bond motifs is 1. The van der Waals surface area contributed by atoms with Gasteiger partial charge in [-0.2, -0.15) is 13.2 Å². The predicted octanol–water partition coefficient (Wildman–Crippen LogP) is 3.91. The van der Waals surface area contributed by atoms with Crippen molar-refractivity contribution in [2.75, 3.05) is 5.73 Å². The smallest absolute Gasteiger partial charge is 0.399 e. The fourth-order valence-corrected chi connectivity index (χ4v) is 2.60. The van der Waals surface area contributed by atoms with E-state index >= 15 is 0 Å². The van der Waals surface area contributed by atoms with Crippen molar-refractivity contribution in [1.82, 2.24) is 9.55 Å². The van der Waals surface area contributed by atoms with E-state index in [1.807, 2.05) is 0 Å². The summed E-state index contributed by atoms with van der Waals surface area (Å²) in [5, 5.41) is 0.286. The molecule has 0 aliphatic heterocycles. The molecule has 2 aromatic heterocycles. The summed E-state index contributed by atoms with van der Waals surface area (Å²) in [6.07, 6.45) is -2.86. The number of hydrogen-bond acceptors (Lipinski definition) is 3. The zero-order chi connectivity index (χ0) is 17.3. The molecule has 0 saturated carbocycles. The number of alkyl halides is 3. The molecule has 0 bridgehead atoms.